The minimum absolute atomic E-state index is 0.193. The second kappa shape index (κ2) is 9.14. The molecule has 0 aliphatic carbocycles. The number of hydrogen-bond acceptors (Lipinski definition) is 8. The van der Waals surface area contributed by atoms with Crippen LogP contribution in [-0.4, -0.2) is 45.2 Å². The van der Waals surface area contributed by atoms with Crippen molar-refractivity contribution in [2.45, 2.75) is 6.42 Å². The molecule has 0 radical (unpaired) electrons. The van der Waals surface area contributed by atoms with Gasteiger partial charge in [0.2, 0.25) is 0 Å². The molecule has 0 aliphatic rings. The minimum atomic E-state index is -2.53. The van der Waals surface area contributed by atoms with Crippen LogP contribution in [0.1, 0.15) is 6.42 Å². The SMILES string of the molecule is C=C(CC(C(=O)OC)(C(=O)OC)C(=O)OC)C(=O)Oc1ccccc1Br. The molecular formula is C17H17BrO8. The van der Waals surface area contributed by atoms with Gasteiger partial charge in [-0.05, 0) is 28.1 Å². The van der Waals surface area contributed by atoms with Gasteiger partial charge in [-0.3, -0.25) is 14.4 Å². The normalized spacial score (nSPS) is 10.5. The average molecular weight is 429 g/mol. The number of para-hydroxylation sites is 1. The fourth-order valence-corrected chi connectivity index (χ4v) is 2.45. The maximum Gasteiger partial charge on any atom is 0.338 e. The van der Waals surface area contributed by atoms with Crippen LogP contribution in [0.25, 0.3) is 0 Å². The quantitative estimate of drug-likeness (QED) is 0.213. The first-order chi connectivity index (χ1) is 12.2. The van der Waals surface area contributed by atoms with E-state index in [9.17, 15) is 19.2 Å². The number of methoxy groups -OCH3 is 3. The van der Waals surface area contributed by atoms with Crippen molar-refractivity contribution in [2.24, 2.45) is 5.41 Å². The highest BCUT2D eigenvalue weighted by Crippen LogP contribution is 2.32. The lowest BCUT2D eigenvalue weighted by atomic mass is 9.81. The van der Waals surface area contributed by atoms with E-state index < -0.39 is 35.7 Å². The Hall–Kier alpha value is -2.68. The summed E-state index contributed by atoms with van der Waals surface area (Å²) in [6, 6.07) is 6.52. The Labute approximate surface area is 158 Å². The first-order valence-electron chi connectivity index (χ1n) is 7.14. The van der Waals surface area contributed by atoms with E-state index in [-0.39, 0.29) is 11.3 Å². The molecule has 0 saturated heterocycles. The van der Waals surface area contributed by atoms with Crippen molar-refractivity contribution in [3.8, 4) is 5.75 Å². The predicted molar refractivity (Wildman–Crippen MR) is 92.0 cm³/mol. The maximum absolute atomic E-state index is 12.3. The standard InChI is InChI=1S/C17H17BrO8/c1-10(13(19)26-12-8-6-5-7-11(12)18)9-17(14(20)23-2,15(21)24-3)16(22)25-4/h5-8H,1,9H2,2-4H3. The summed E-state index contributed by atoms with van der Waals surface area (Å²) >= 11 is 3.21. The van der Waals surface area contributed by atoms with E-state index in [1.54, 1.807) is 18.2 Å². The van der Waals surface area contributed by atoms with Gasteiger partial charge in [-0.15, -0.1) is 0 Å². The summed E-state index contributed by atoms with van der Waals surface area (Å²) < 4.78 is 19.3. The molecule has 0 spiro atoms. The highest BCUT2D eigenvalue weighted by atomic mass is 79.9. The fourth-order valence-electron chi connectivity index (χ4n) is 2.08. The van der Waals surface area contributed by atoms with Crippen molar-refractivity contribution in [1.29, 1.82) is 0 Å². The molecule has 1 aromatic rings. The third-order valence-electron chi connectivity index (χ3n) is 3.41. The molecule has 1 aromatic carbocycles. The van der Waals surface area contributed by atoms with Gasteiger partial charge in [0.25, 0.3) is 5.41 Å². The summed E-state index contributed by atoms with van der Waals surface area (Å²) in [6.07, 6.45) is -0.734. The molecule has 9 heteroatoms. The van der Waals surface area contributed by atoms with E-state index in [4.69, 9.17) is 4.74 Å². The molecule has 0 unspecified atom stereocenters. The highest BCUT2D eigenvalue weighted by Gasteiger charge is 2.57. The van der Waals surface area contributed by atoms with E-state index in [0.717, 1.165) is 21.3 Å². The lowest BCUT2D eigenvalue weighted by molar-refractivity contribution is -0.180. The molecule has 0 atom stereocenters. The summed E-state index contributed by atoms with van der Waals surface area (Å²) in [4.78, 5) is 48.8. The molecule has 0 aromatic heterocycles. The maximum atomic E-state index is 12.3. The van der Waals surface area contributed by atoms with Crippen molar-refractivity contribution < 1.29 is 38.1 Å². The number of benzene rings is 1. The number of rotatable bonds is 7. The van der Waals surface area contributed by atoms with Crippen LogP contribution in [0.15, 0.2) is 40.9 Å². The molecule has 0 amide bonds. The van der Waals surface area contributed by atoms with Crippen LogP contribution in [0.5, 0.6) is 5.75 Å². The number of hydrogen-bond donors (Lipinski definition) is 0. The molecule has 0 aliphatic heterocycles. The largest absolute Gasteiger partial charge is 0.468 e. The monoisotopic (exact) mass is 428 g/mol. The lowest BCUT2D eigenvalue weighted by Crippen LogP contribution is -2.49. The highest BCUT2D eigenvalue weighted by molar-refractivity contribution is 9.10. The zero-order valence-electron chi connectivity index (χ0n) is 14.4. The molecule has 0 N–H and O–H groups in total. The van der Waals surface area contributed by atoms with Crippen LogP contribution < -0.4 is 4.74 Å². The van der Waals surface area contributed by atoms with Gasteiger partial charge in [-0.25, -0.2) is 4.79 Å². The summed E-state index contributed by atoms with van der Waals surface area (Å²) in [6.45, 7) is 3.50. The van der Waals surface area contributed by atoms with Gasteiger partial charge in [0.1, 0.15) is 5.75 Å². The van der Waals surface area contributed by atoms with Crippen molar-refractivity contribution in [1.82, 2.24) is 0 Å². The van der Waals surface area contributed by atoms with Crippen molar-refractivity contribution >= 4 is 39.8 Å². The summed E-state index contributed by atoms with van der Waals surface area (Å²) in [7, 11) is 2.93. The topological polar surface area (TPSA) is 105 Å². The predicted octanol–water partition coefficient (Wildman–Crippen LogP) is 1.81. The Morgan fingerprint density at radius 2 is 1.42 bits per heavy atom. The minimum Gasteiger partial charge on any atom is -0.468 e. The summed E-state index contributed by atoms with van der Waals surface area (Å²) in [5.41, 5.74) is -2.86. The van der Waals surface area contributed by atoms with E-state index in [0.29, 0.717) is 4.47 Å². The van der Waals surface area contributed by atoms with Crippen LogP contribution in [0.3, 0.4) is 0 Å². The molecule has 0 fully saturated rings. The van der Waals surface area contributed by atoms with Crippen molar-refractivity contribution in [3.05, 3.63) is 40.9 Å². The van der Waals surface area contributed by atoms with E-state index >= 15 is 0 Å². The smallest absolute Gasteiger partial charge is 0.338 e. The Morgan fingerprint density at radius 1 is 0.962 bits per heavy atom. The zero-order valence-corrected chi connectivity index (χ0v) is 16.0. The Bertz CT molecular complexity index is 699. The van der Waals surface area contributed by atoms with Gasteiger partial charge in [0.05, 0.1) is 25.8 Å². The summed E-state index contributed by atoms with van der Waals surface area (Å²) in [5.74, 6) is -4.49. The van der Waals surface area contributed by atoms with E-state index in [1.807, 2.05) is 0 Å². The first-order valence-corrected chi connectivity index (χ1v) is 7.93. The number of carbonyl (C=O) groups is 4. The molecule has 140 valence electrons. The first kappa shape index (κ1) is 21.4. The van der Waals surface area contributed by atoms with Crippen LogP contribution in [-0.2, 0) is 33.4 Å². The third kappa shape index (κ3) is 4.29. The van der Waals surface area contributed by atoms with E-state index in [1.165, 1.54) is 6.07 Å². The Balaban J connectivity index is 3.17. The number of esters is 4. The number of ether oxygens (including phenoxy) is 4. The number of carbonyl (C=O) groups excluding carboxylic acids is 4. The molecular weight excluding hydrogens is 412 g/mol. The van der Waals surface area contributed by atoms with Crippen LogP contribution in [0.4, 0.5) is 0 Å². The van der Waals surface area contributed by atoms with Crippen LogP contribution >= 0.6 is 15.9 Å². The number of halogens is 1. The second-order valence-electron chi connectivity index (χ2n) is 4.98. The second-order valence-corrected chi connectivity index (χ2v) is 5.83. The van der Waals surface area contributed by atoms with E-state index in [2.05, 4.69) is 36.7 Å². The van der Waals surface area contributed by atoms with Gasteiger partial charge in [-0.2, -0.15) is 0 Å². The third-order valence-corrected chi connectivity index (χ3v) is 4.06. The van der Waals surface area contributed by atoms with Crippen molar-refractivity contribution in [2.75, 3.05) is 21.3 Å². The summed E-state index contributed by atoms with van der Waals surface area (Å²) in [5, 5.41) is 0. The molecule has 0 saturated carbocycles. The van der Waals surface area contributed by atoms with Crippen LogP contribution in [0.2, 0.25) is 0 Å². The van der Waals surface area contributed by atoms with Crippen molar-refractivity contribution in [3.63, 3.8) is 0 Å². The molecule has 0 bridgehead atoms. The van der Waals surface area contributed by atoms with Gasteiger partial charge < -0.3 is 18.9 Å². The Morgan fingerprint density at radius 3 is 1.85 bits per heavy atom. The fraction of sp³-hybridized carbons (Fsp3) is 0.294. The van der Waals surface area contributed by atoms with Crippen LogP contribution in [0, 0.1) is 5.41 Å². The lowest BCUT2D eigenvalue weighted by Gasteiger charge is -2.25. The molecule has 0 heterocycles. The molecule has 26 heavy (non-hydrogen) atoms. The van der Waals surface area contributed by atoms with Gasteiger partial charge in [0, 0.05) is 12.0 Å². The van der Waals surface area contributed by atoms with Gasteiger partial charge >= 0.3 is 23.9 Å². The molecule has 1 rings (SSSR count). The van der Waals surface area contributed by atoms with Gasteiger partial charge in [0.15, 0.2) is 0 Å². The zero-order chi connectivity index (χ0) is 19.9. The average Bonchev–Trinajstić information content (AvgIpc) is 2.65. The molecule has 8 nitrogen and oxygen atoms in total. The Kier molecular flexibility index (Phi) is 7.51. The van der Waals surface area contributed by atoms with Gasteiger partial charge in [-0.1, -0.05) is 18.7 Å².